The fraction of sp³-hybridized carbons (Fsp3) is 0.333. The summed E-state index contributed by atoms with van der Waals surface area (Å²) >= 11 is 1.78. The number of aryl methyl sites for hydroxylation is 1. The van der Waals surface area contributed by atoms with Crippen molar-refractivity contribution in [2.75, 3.05) is 0 Å². The van der Waals surface area contributed by atoms with Crippen LogP contribution in [0.15, 0.2) is 29.6 Å². The van der Waals surface area contributed by atoms with Crippen molar-refractivity contribution in [1.82, 2.24) is 0 Å². The smallest absolute Gasteiger partial charge is 0.0515 e. The molecule has 2 rings (SSSR count). The highest BCUT2D eigenvalue weighted by Gasteiger charge is 2.04. The first-order valence-electron chi connectivity index (χ1n) is 4.90. The van der Waals surface area contributed by atoms with Crippen molar-refractivity contribution in [2.45, 2.75) is 25.9 Å². The summed E-state index contributed by atoms with van der Waals surface area (Å²) in [4.78, 5) is 0. The first-order chi connectivity index (χ1) is 6.77. The largest absolute Gasteiger partial charge is 0.393 e. The number of aliphatic hydroxyl groups excluding tert-OH is 1. The minimum atomic E-state index is -0.200. The number of rotatable bonds is 3. The molecule has 0 aliphatic heterocycles. The highest BCUT2D eigenvalue weighted by atomic mass is 32.1. The van der Waals surface area contributed by atoms with Crippen LogP contribution < -0.4 is 0 Å². The maximum Gasteiger partial charge on any atom is 0.0515 e. The summed E-state index contributed by atoms with van der Waals surface area (Å²) in [6, 6.07) is 8.44. The average molecular weight is 206 g/mol. The second-order valence-corrected chi connectivity index (χ2v) is 4.56. The van der Waals surface area contributed by atoms with Gasteiger partial charge in [-0.05, 0) is 42.2 Å². The lowest BCUT2D eigenvalue weighted by Gasteiger charge is -2.02. The van der Waals surface area contributed by atoms with Crippen molar-refractivity contribution in [1.29, 1.82) is 0 Å². The summed E-state index contributed by atoms with van der Waals surface area (Å²) < 4.78 is 1.34. The zero-order chi connectivity index (χ0) is 9.97. The van der Waals surface area contributed by atoms with Crippen LogP contribution in [0, 0.1) is 0 Å². The first kappa shape index (κ1) is 9.69. The van der Waals surface area contributed by atoms with E-state index in [0.717, 1.165) is 12.8 Å². The molecular formula is C12H14OS. The third-order valence-corrected chi connectivity index (χ3v) is 3.40. The molecule has 1 aromatic heterocycles. The van der Waals surface area contributed by atoms with Gasteiger partial charge in [0.05, 0.1) is 6.10 Å². The predicted molar refractivity (Wildman–Crippen MR) is 61.8 cm³/mol. The summed E-state index contributed by atoms with van der Waals surface area (Å²) in [5.41, 5.74) is 1.37. The maximum absolute atomic E-state index is 9.23. The molecule has 1 N–H and O–H groups in total. The van der Waals surface area contributed by atoms with Crippen LogP contribution >= 0.6 is 11.3 Å². The number of fused-ring (bicyclic) bond motifs is 1. The molecule has 1 heterocycles. The van der Waals surface area contributed by atoms with E-state index < -0.39 is 0 Å². The second kappa shape index (κ2) is 4.11. The molecule has 0 spiro atoms. The van der Waals surface area contributed by atoms with E-state index in [1.165, 1.54) is 15.6 Å². The zero-order valence-corrected chi connectivity index (χ0v) is 9.05. The Bertz CT molecular complexity index is 417. The van der Waals surface area contributed by atoms with E-state index >= 15 is 0 Å². The number of hydrogen-bond acceptors (Lipinski definition) is 2. The van der Waals surface area contributed by atoms with Crippen LogP contribution in [0.5, 0.6) is 0 Å². The van der Waals surface area contributed by atoms with Crippen molar-refractivity contribution in [3.05, 3.63) is 35.2 Å². The predicted octanol–water partition coefficient (Wildman–Crippen LogP) is 3.21. The molecule has 1 aromatic carbocycles. The average Bonchev–Trinajstić information content (AvgIpc) is 2.58. The molecule has 74 valence electrons. The van der Waals surface area contributed by atoms with Gasteiger partial charge in [-0.15, -0.1) is 11.3 Å². The molecule has 2 aromatic rings. The van der Waals surface area contributed by atoms with Crippen LogP contribution in [-0.2, 0) is 6.42 Å². The lowest BCUT2D eigenvalue weighted by Crippen LogP contribution is -2.00. The van der Waals surface area contributed by atoms with Gasteiger partial charge in [-0.2, -0.15) is 0 Å². The molecule has 0 radical (unpaired) electrons. The van der Waals surface area contributed by atoms with Gasteiger partial charge in [-0.3, -0.25) is 0 Å². The summed E-state index contributed by atoms with van der Waals surface area (Å²) in [7, 11) is 0. The lowest BCUT2D eigenvalue weighted by molar-refractivity contribution is 0.185. The van der Waals surface area contributed by atoms with Crippen LogP contribution in [0.4, 0.5) is 0 Å². The van der Waals surface area contributed by atoms with Gasteiger partial charge in [-0.1, -0.05) is 18.2 Å². The van der Waals surface area contributed by atoms with Crippen molar-refractivity contribution in [3.8, 4) is 0 Å². The van der Waals surface area contributed by atoms with E-state index in [1.54, 1.807) is 11.3 Å². The molecule has 0 aliphatic rings. The Kier molecular flexibility index (Phi) is 2.85. The van der Waals surface area contributed by atoms with Gasteiger partial charge in [0.25, 0.3) is 0 Å². The Hall–Kier alpha value is -0.860. The molecule has 1 nitrogen and oxygen atoms in total. The van der Waals surface area contributed by atoms with E-state index in [0.29, 0.717) is 0 Å². The molecule has 0 saturated heterocycles. The summed E-state index contributed by atoms with van der Waals surface area (Å²) in [6.45, 7) is 1.84. The minimum Gasteiger partial charge on any atom is -0.393 e. The Morgan fingerprint density at radius 2 is 2.14 bits per heavy atom. The first-order valence-corrected chi connectivity index (χ1v) is 5.78. The van der Waals surface area contributed by atoms with Gasteiger partial charge in [0.1, 0.15) is 0 Å². The Labute approximate surface area is 88.0 Å². The molecule has 0 amide bonds. The molecule has 0 aliphatic carbocycles. The van der Waals surface area contributed by atoms with Gasteiger partial charge in [0.2, 0.25) is 0 Å². The highest BCUT2D eigenvalue weighted by molar-refractivity contribution is 7.17. The lowest BCUT2D eigenvalue weighted by atomic mass is 10.1. The Morgan fingerprint density at radius 3 is 2.93 bits per heavy atom. The Balaban J connectivity index is 2.25. The quantitative estimate of drug-likeness (QED) is 0.817. The maximum atomic E-state index is 9.23. The van der Waals surface area contributed by atoms with Crippen molar-refractivity contribution < 1.29 is 5.11 Å². The molecule has 1 atom stereocenters. The molecule has 0 unspecified atom stereocenters. The molecule has 0 bridgehead atoms. The number of benzene rings is 1. The fourth-order valence-electron chi connectivity index (χ4n) is 1.59. The van der Waals surface area contributed by atoms with Gasteiger partial charge in [-0.25, -0.2) is 0 Å². The van der Waals surface area contributed by atoms with E-state index in [-0.39, 0.29) is 6.10 Å². The summed E-state index contributed by atoms with van der Waals surface area (Å²) in [6.07, 6.45) is 1.62. The van der Waals surface area contributed by atoms with Crippen molar-refractivity contribution >= 4 is 21.4 Å². The van der Waals surface area contributed by atoms with Gasteiger partial charge in [0, 0.05) is 4.70 Å². The SMILES string of the molecule is C[C@H](O)CCc1csc2ccccc12. The fourth-order valence-corrected chi connectivity index (χ4v) is 2.59. The standard InChI is InChI=1S/C12H14OS/c1-9(13)6-7-10-8-14-12-5-3-2-4-11(10)12/h2-5,8-9,13H,6-7H2,1H3/t9-/m0/s1. The monoisotopic (exact) mass is 206 g/mol. The van der Waals surface area contributed by atoms with Crippen LogP contribution in [0.1, 0.15) is 18.9 Å². The molecule has 0 fully saturated rings. The van der Waals surface area contributed by atoms with Crippen molar-refractivity contribution in [2.24, 2.45) is 0 Å². The molecule has 0 saturated carbocycles. The number of hydrogen-bond donors (Lipinski definition) is 1. The van der Waals surface area contributed by atoms with Crippen LogP contribution in [0.2, 0.25) is 0 Å². The van der Waals surface area contributed by atoms with E-state index in [1.807, 2.05) is 6.92 Å². The van der Waals surface area contributed by atoms with Crippen molar-refractivity contribution in [3.63, 3.8) is 0 Å². The van der Waals surface area contributed by atoms with Gasteiger partial charge >= 0.3 is 0 Å². The molecular weight excluding hydrogens is 192 g/mol. The van der Waals surface area contributed by atoms with Crippen LogP contribution in [-0.4, -0.2) is 11.2 Å². The zero-order valence-electron chi connectivity index (χ0n) is 8.23. The summed E-state index contributed by atoms with van der Waals surface area (Å²) in [5, 5.41) is 12.8. The van der Waals surface area contributed by atoms with E-state index in [9.17, 15) is 5.11 Å². The normalized spacial score (nSPS) is 13.3. The highest BCUT2D eigenvalue weighted by Crippen LogP contribution is 2.26. The van der Waals surface area contributed by atoms with Gasteiger partial charge in [0.15, 0.2) is 0 Å². The van der Waals surface area contributed by atoms with E-state index in [2.05, 4.69) is 29.6 Å². The van der Waals surface area contributed by atoms with E-state index in [4.69, 9.17) is 0 Å². The topological polar surface area (TPSA) is 20.2 Å². The second-order valence-electron chi connectivity index (χ2n) is 3.64. The minimum absolute atomic E-state index is 0.200. The third-order valence-electron chi connectivity index (χ3n) is 2.39. The Morgan fingerprint density at radius 1 is 1.36 bits per heavy atom. The number of thiophene rings is 1. The molecule has 2 heteroatoms. The number of aliphatic hydroxyl groups is 1. The van der Waals surface area contributed by atoms with Crippen LogP contribution in [0.3, 0.4) is 0 Å². The van der Waals surface area contributed by atoms with Crippen LogP contribution in [0.25, 0.3) is 10.1 Å². The third kappa shape index (κ3) is 1.97. The molecule has 14 heavy (non-hydrogen) atoms. The summed E-state index contributed by atoms with van der Waals surface area (Å²) in [5.74, 6) is 0. The van der Waals surface area contributed by atoms with Gasteiger partial charge < -0.3 is 5.11 Å².